The molecule has 0 saturated carbocycles. The van der Waals surface area contributed by atoms with E-state index in [1.165, 1.54) is 6.08 Å². The number of carbonyl (C=O) groups excluding carboxylic acids is 2. The number of carbonyl (C=O) groups is 2. The van der Waals surface area contributed by atoms with Gasteiger partial charge in [0.25, 0.3) is 5.91 Å². The van der Waals surface area contributed by atoms with Gasteiger partial charge in [0.2, 0.25) is 0 Å². The van der Waals surface area contributed by atoms with Crippen LogP contribution in [0.15, 0.2) is 28.8 Å². The van der Waals surface area contributed by atoms with Crippen LogP contribution >= 0.6 is 0 Å². The molecule has 0 aliphatic heterocycles. The maximum absolute atomic E-state index is 10.6. The lowest BCUT2D eigenvalue weighted by Gasteiger charge is -2.05. The lowest BCUT2D eigenvalue weighted by atomic mass is 10.0. The van der Waals surface area contributed by atoms with Crippen molar-refractivity contribution in [3.63, 3.8) is 0 Å². The highest BCUT2D eigenvalue weighted by Crippen LogP contribution is 2.09. The van der Waals surface area contributed by atoms with Crippen LogP contribution < -0.4 is 11.5 Å². The fourth-order valence-corrected chi connectivity index (χ4v) is 0.984. The molecule has 5 nitrogen and oxygen atoms in total. The Morgan fingerprint density at radius 1 is 1.54 bits per heavy atom. The average Bonchev–Trinajstić information content (AvgIpc) is 2.03. The van der Waals surface area contributed by atoms with Crippen LogP contribution in [0.2, 0.25) is 0 Å². The van der Waals surface area contributed by atoms with Gasteiger partial charge in [0.05, 0.1) is 11.3 Å². The summed E-state index contributed by atoms with van der Waals surface area (Å²) in [6, 6.07) is -0.877. The molecule has 5 heteroatoms. The van der Waals surface area contributed by atoms with Gasteiger partial charge in [-0.05, 0) is 6.08 Å². The second kappa shape index (κ2) is 3.66. The molecule has 0 aromatic heterocycles. The molecule has 1 aliphatic rings. The fourth-order valence-electron chi connectivity index (χ4n) is 0.984. The average molecular weight is 177 g/mol. The Morgan fingerprint density at radius 2 is 2.23 bits per heavy atom. The lowest BCUT2D eigenvalue weighted by Crippen LogP contribution is -2.18. The van der Waals surface area contributed by atoms with Crippen molar-refractivity contribution in [3.8, 4) is 0 Å². The molecule has 1 rings (SSSR count). The molecule has 3 amide bonds. The fraction of sp³-hybridized carbons (Fsp3) is 0.125. The summed E-state index contributed by atoms with van der Waals surface area (Å²) in [6.07, 6.45) is 5.01. The highest BCUT2D eigenvalue weighted by atomic mass is 16.2. The topological polar surface area (TPSA) is 94.8 Å². The van der Waals surface area contributed by atoms with E-state index >= 15 is 0 Å². The van der Waals surface area contributed by atoms with Gasteiger partial charge in [-0.15, -0.1) is 5.73 Å². The van der Waals surface area contributed by atoms with Crippen molar-refractivity contribution in [1.29, 1.82) is 0 Å². The van der Waals surface area contributed by atoms with Gasteiger partial charge in [0, 0.05) is 6.42 Å². The standard InChI is InChI=1S/C8H7N3O2/c9-7(12)5-3-1-2-4-6(5)11-8(10)13/h1-3H,4H2,(H2,10,13). The summed E-state index contributed by atoms with van der Waals surface area (Å²) in [5.74, 6) is -1.11. The first kappa shape index (κ1) is 9.18. The van der Waals surface area contributed by atoms with Crippen LogP contribution in [0.5, 0.6) is 0 Å². The summed E-state index contributed by atoms with van der Waals surface area (Å²) in [6.45, 7) is 0. The van der Waals surface area contributed by atoms with Gasteiger partial charge >= 0.3 is 6.03 Å². The Balaban J connectivity index is 3.00. The smallest absolute Gasteiger partial charge is 0.338 e. The van der Waals surface area contributed by atoms with Crippen LogP contribution in [0.1, 0.15) is 6.42 Å². The third-order valence-corrected chi connectivity index (χ3v) is 1.50. The number of hydrogen-bond donors (Lipinski definition) is 1. The monoisotopic (exact) mass is 177 g/mol. The van der Waals surface area contributed by atoms with Gasteiger partial charge < -0.3 is 5.73 Å². The Labute approximate surface area is 74.8 Å². The summed E-state index contributed by atoms with van der Waals surface area (Å²) < 4.78 is 0. The minimum absolute atomic E-state index is 0.0151. The summed E-state index contributed by atoms with van der Waals surface area (Å²) in [5, 5.41) is 0. The summed E-state index contributed by atoms with van der Waals surface area (Å²) >= 11 is 0. The molecule has 66 valence electrons. The zero-order valence-electron chi connectivity index (χ0n) is 6.73. The van der Waals surface area contributed by atoms with Crippen molar-refractivity contribution >= 4 is 17.6 Å². The molecule has 0 unspecified atom stereocenters. The first-order chi connectivity index (χ1) is 6.11. The van der Waals surface area contributed by atoms with E-state index in [2.05, 4.69) is 4.99 Å². The number of aliphatic imine (C=N–C) groups is 1. The van der Waals surface area contributed by atoms with E-state index in [4.69, 9.17) is 11.5 Å². The first-order valence-corrected chi connectivity index (χ1v) is 3.58. The zero-order chi connectivity index (χ0) is 9.84. The normalized spacial score (nSPS) is 18.5. The molecule has 0 bridgehead atoms. The van der Waals surface area contributed by atoms with Gasteiger partial charge in [-0.1, -0.05) is 12.2 Å². The third-order valence-electron chi connectivity index (χ3n) is 1.50. The van der Waals surface area contributed by atoms with Gasteiger partial charge in [0.1, 0.15) is 0 Å². The van der Waals surface area contributed by atoms with Gasteiger partial charge in [-0.3, -0.25) is 4.79 Å². The van der Waals surface area contributed by atoms with Gasteiger partial charge in [-0.25, -0.2) is 4.79 Å². The van der Waals surface area contributed by atoms with Crippen LogP contribution in [-0.2, 0) is 4.79 Å². The molecule has 1 aliphatic carbocycles. The van der Waals surface area contributed by atoms with Crippen LogP contribution in [0.4, 0.5) is 4.79 Å². The Kier molecular flexibility index (Phi) is 2.59. The van der Waals surface area contributed by atoms with Gasteiger partial charge in [0.15, 0.2) is 0 Å². The number of urea groups is 1. The van der Waals surface area contributed by atoms with E-state index in [0.717, 1.165) is 0 Å². The number of nitrogens with zero attached hydrogens (tertiary/aromatic N) is 2. The molecule has 2 radical (unpaired) electrons. The molecular weight excluding hydrogens is 170 g/mol. The predicted molar refractivity (Wildman–Crippen MR) is 46.0 cm³/mol. The largest absolute Gasteiger partial charge is 0.350 e. The maximum atomic E-state index is 10.6. The number of amides is 3. The minimum Gasteiger partial charge on any atom is -0.350 e. The maximum Gasteiger partial charge on any atom is 0.338 e. The van der Waals surface area contributed by atoms with Crippen molar-refractivity contribution in [3.05, 3.63) is 23.8 Å². The molecule has 0 heterocycles. The number of rotatable bonds is 1. The Morgan fingerprint density at radius 3 is 2.77 bits per heavy atom. The van der Waals surface area contributed by atoms with Crippen LogP contribution in [0, 0.1) is 0 Å². The SMILES string of the molecule is [N]C(=O)C1=CC=CCC1=NC(N)=O. The predicted octanol–water partition coefficient (Wildman–Crippen LogP) is -0.0123. The first-order valence-electron chi connectivity index (χ1n) is 3.58. The van der Waals surface area contributed by atoms with E-state index in [-0.39, 0.29) is 11.3 Å². The quantitative estimate of drug-likeness (QED) is 0.609. The second-order valence-corrected chi connectivity index (χ2v) is 2.41. The molecule has 2 N–H and O–H groups in total. The van der Waals surface area contributed by atoms with E-state index in [1.807, 2.05) is 0 Å². The summed E-state index contributed by atoms with van der Waals surface area (Å²) in [4.78, 5) is 24.4. The van der Waals surface area contributed by atoms with Crippen molar-refractivity contribution in [1.82, 2.24) is 5.73 Å². The highest BCUT2D eigenvalue weighted by Gasteiger charge is 2.15. The second-order valence-electron chi connectivity index (χ2n) is 2.41. The van der Waals surface area contributed by atoms with Gasteiger partial charge in [-0.2, -0.15) is 4.99 Å². The molecular formula is C8H7N3O2. The van der Waals surface area contributed by atoms with E-state index in [0.29, 0.717) is 6.42 Å². The molecule has 0 saturated heterocycles. The molecule has 0 atom stereocenters. The number of allylic oxidation sites excluding steroid dienone is 3. The molecule has 0 aromatic carbocycles. The van der Waals surface area contributed by atoms with E-state index in [1.54, 1.807) is 12.2 Å². The van der Waals surface area contributed by atoms with Crippen molar-refractivity contribution in [2.24, 2.45) is 10.7 Å². The third kappa shape index (κ3) is 2.26. The van der Waals surface area contributed by atoms with Crippen LogP contribution in [-0.4, -0.2) is 17.6 Å². The lowest BCUT2D eigenvalue weighted by molar-refractivity contribution is -0.114. The van der Waals surface area contributed by atoms with Crippen molar-refractivity contribution < 1.29 is 9.59 Å². The van der Waals surface area contributed by atoms with Crippen molar-refractivity contribution in [2.45, 2.75) is 6.42 Å². The molecule has 0 spiro atoms. The highest BCUT2D eigenvalue weighted by molar-refractivity contribution is 6.23. The summed E-state index contributed by atoms with van der Waals surface area (Å²) in [7, 11) is 0. The summed E-state index contributed by atoms with van der Waals surface area (Å²) in [5.41, 5.74) is 13.7. The van der Waals surface area contributed by atoms with E-state index < -0.39 is 11.9 Å². The number of hydrogen-bond acceptors (Lipinski definition) is 2. The zero-order valence-corrected chi connectivity index (χ0v) is 6.73. The number of nitrogens with two attached hydrogens (primary N) is 1. The van der Waals surface area contributed by atoms with Crippen LogP contribution in [0.3, 0.4) is 0 Å². The Bertz CT molecular complexity index is 339. The number of primary amides is 1. The van der Waals surface area contributed by atoms with Crippen molar-refractivity contribution in [2.75, 3.05) is 0 Å². The molecule has 0 aromatic rings. The Hall–Kier alpha value is -1.91. The molecule has 13 heavy (non-hydrogen) atoms. The minimum atomic E-state index is -1.11. The van der Waals surface area contributed by atoms with Crippen LogP contribution in [0.25, 0.3) is 0 Å². The molecule has 0 fully saturated rings. The van der Waals surface area contributed by atoms with E-state index in [9.17, 15) is 9.59 Å².